The van der Waals surface area contributed by atoms with E-state index in [0.29, 0.717) is 12.2 Å². The monoisotopic (exact) mass is 581 g/mol. The van der Waals surface area contributed by atoms with Crippen molar-refractivity contribution in [3.05, 3.63) is 71.9 Å². The van der Waals surface area contributed by atoms with Crippen LogP contribution in [0.5, 0.6) is 0 Å². The molecule has 1 heterocycles. The SMILES string of the molecule is CSCC[C@H](NC(=O)[C@@H](Cc1c[nH]c2ccccc12)NC(=O)OC(C)(C)C)C(=O)N[C@@H](Cc1ccccc1)C(N)=O. The lowest BCUT2D eigenvalue weighted by molar-refractivity contribution is -0.132. The molecule has 0 spiro atoms. The van der Waals surface area contributed by atoms with E-state index in [-0.39, 0.29) is 12.8 Å². The fourth-order valence-electron chi connectivity index (χ4n) is 4.30. The average molecular weight is 582 g/mol. The normalized spacial score (nSPS) is 13.6. The van der Waals surface area contributed by atoms with Crippen molar-refractivity contribution in [2.75, 3.05) is 12.0 Å². The molecule has 0 aliphatic rings. The van der Waals surface area contributed by atoms with Gasteiger partial charge in [-0.15, -0.1) is 0 Å². The molecule has 41 heavy (non-hydrogen) atoms. The van der Waals surface area contributed by atoms with Gasteiger partial charge in [-0.2, -0.15) is 11.8 Å². The van der Waals surface area contributed by atoms with Gasteiger partial charge in [0.1, 0.15) is 23.7 Å². The van der Waals surface area contributed by atoms with Gasteiger partial charge in [-0.05, 0) is 56.4 Å². The van der Waals surface area contributed by atoms with E-state index in [4.69, 9.17) is 10.5 Å². The number of carbonyl (C=O) groups is 4. The molecule has 0 saturated heterocycles. The fraction of sp³-hybridized carbons (Fsp3) is 0.400. The number of alkyl carbamates (subject to hydrolysis) is 1. The molecule has 2 aromatic carbocycles. The van der Waals surface area contributed by atoms with Crippen LogP contribution in [0.15, 0.2) is 60.8 Å². The highest BCUT2D eigenvalue weighted by Crippen LogP contribution is 2.20. The first-order chi connectivity index (χ1) is 19.5. The lowest BCUT2D eigenvalue weighted by Crippen LogP contribution is -2.57. The molecule has 0 unspecified atom stereocenters. The van der Waals surface area contributed by atoms with Gasteiger partial charge in [-0.3, -0.25) is 14.4 Å². The van der Waals surface area contributed by atoms with Gasteiger partial charge >= 0.3 is 6.09 Å². The minimum absolute atomic E-state index is 0.157. The van der Waals surface area contributed by atoms with Gasteiger partial charge in [0, 0.05) is 29.9 Å². The predicted octanol–water partition coefficient (Wildman–Crippen LogP) is 3.05. The molecular formula is C30H39N5O5S. The van der Waals surface area contributed by atoms with Gasteiger partial charge in [0.2, 0.25) is 17.7 Å². The molecule has 0 radical (unpaired) electrons. The van der Waals surface area contributed by atoms with Gasteiger partial charge < -0.3 is 31.4 Å². The van der Waals surface area contributed by atoms with E-state index in [1.165, 1.54) is 11.8 Å². The number of primary amides is 1. The number of thioether (sulfide) groups is 1. The fourth-order valence-corrected chi connectivity index (χ4v) is 4.77. The number of hydrogen-bond donors (Lipinski definition) is 5. The van der Waals surface area contributed by atoms with E-state index in [1.807, 2.05) is 60.9 Å². The van der Waals surface area contributed by atoms with Crippen LogP contribution in [-0.4, -0.2) is 64.5 Å². The van der Waals surface area contributed by atoms with Crippen molar-refractivity contribution in [1.82, 2.24) is 20.9 Å². The zero-order valence-corrected chi connectivity index (χ0v) is 24.7. The number of benzene rings is 2. The zero-order chi connectivity index (χ0) is 30.0. The molecule has 3 rings (SSSR count). The van der Waals surface area contributed by atoms with E-state index in [0.717, 1.165) is 22.0 Å². The van der Waals surface area contributed by atoms with Crippen molar-refractivity contribution in [1.29, 1.82) is 0 Å². The van der Waals surface area contributed by atoms with Gasteiger partial charge in [0.15, 0.2) is 0 Å². The van der Waals surface area contributed by atoms with Crippen LogP contribution in [0.4, 0.5) is 4.79 Å². The first kappa shape index (κ1) is 31.5. The number of para-hydroxylation sites is 1. The molecule has 3 atom stereocenters. The summed E-state index contributed by atoms with van der Waals surface area (Å²) in [5.41, 5.74) is 7.38. The number of fused-ring (bicyclic) bond motifs is 1. The van der Waals surface area contributed by atoms with Crippen LogP contribution >= 0.6 is 11.8 Å². The number of aromatic nitrogens is 1. The molecule has 1 aromatic heterocycles. The van der Waals surface area contributed by atoms with Crippen molar-refractivity contribution in [3.8, 4) is 0 Å². The molecular weight excluding hydrogens is 542 g/mol. The van der Waals surface area contributed by atoms with Gasteiger partial charge in [-0.25, -0.2) is 4.79 Å². The topological polar surface area (TPSA) is 155 Å². The number of nitrogens with one attached hydrogen (secondary N) is 4. The van der Waals surface area contributed by atoms with Crippen LogP contribution < -0.4 is 21.7 Å². The molecule has 0 bridgehead atoms. The second-order valence-electron chi connectivity index (χ2n) is 10.8. The Hall–Kier alpha value is -3.99. The highest BCUT2D eigenvalue weighted by Gasteiger charge is 2.30. The number of ether oxygens (including phenoxy) is 1. The van der Waals surface area contributed by atoms with Crippen molar-refractivity contribution < 1.29 is 23.9 Å². The molecule has 10 nitrogen and oxygen atoms in total. The Labute approximate surface area is 244 Å². The average Bonchev–Trinajstić information content (AvgIpc) is 3.32. The summed E-state index contributed by atoms with van der Waals surface area (Å²) in [5, 5.41) is 9.08. The summed E-state index contributed by atoms with van der Waals surface area (Å²) in [4.78, 5) is 55.0. The summed E-state index contributed by atoms with van der Waals surface area (Å²) >= 11 is 1.52. The highest BCUT2D eigenvalue weighted by atomic mass is 32.2. The number of hydrogen-bond acceptors (Lipinski definition) is 6. The minimum Gasteiger partial charge on any atom is -0.444 e. The molecule has 6 N–H and O–H groups in total. The maximum atomic E-state index is 13.6. The Morgan fingerprint density at radius 3 is 2.17 bits per heavy atom. The van der Waals surface area contributed by atoms with E-state index < -0.39 is 47.5 Å². The van der Waals surface area contributed by atoms with Gasteiger partial charge in [0.05, 0.1) is 0 Å². The van der Waals surface area contributed by atoms with E-state index in [9.17, 15) is 19.2 Å². The smallest absolute Gasteiger partial charge is 0.408 e. The first-order valence-electron chi connectivity index (χ1n) is 13.4. The van der Waals surface area contributed by atoms with E-state index in [1.54, 1.807) is 27.0 Å². The summed E-state index contributed by atoms with van der Waals surface area (Å²) in [6.07, 6.45) is 3.61. The Balaban J connectivity index is 1.80. The lowest BCUT2D eigenvalue weighted by atomic mass is 10.0. The molecule has 11 heteroatoms. The number of aromatic amines is 1. The van der Waals surface area contributed by atoms with Crippen molar-refractivity contribution in [3.63, 3.8) is 0 Å². The third-order valence-corrected chi connectivity index (χ3v) is 6.94. The Morgan fingerprint density at radius 2 is 1.51 bits per heavy atom. The summed E-state index contributed by atoms with van der Waals surface area (Å²) in [7, 11) is 0. The zero-order valence-electron chi connectivity index (χ0n) is 23.9. The molecule has 3 aromatic rings. The molecule has 0 saturated carbocycles. The van der Waals surface area contributed by atoms with Crippen molar-refractivity contribution in [2.45, 2.75) is 63.8 Å². The van der Waals surface area contributed by atoms with Crippen LogP contribution in [0.3, 0.4) is 0 Å². The number of H-pyrrole nitrogens is 1. The number of amides is 4. The molecule has 0 aliphatic carbocycles. The standard InChI is InChI=1S/C30H39N5O5S/c1-30(2,3)40-29(39)35-25(17-20-18-32-22-13-9-8-12-21(20)22)28(38)33-23(14-15-41-4)27(37)34-24(26(31)36)16-19-10-6-5-7-11-19/h5-13,18,23-25,32H,14-17H2,1-4H3,(H2,31,36)(H,33,38)(H,34,37)(H,35,39)/t23-,24-,25+/m0/s1. The van der Waals surface area contributed by atoms with Crippen LogP contribution in [0.1, 0.15) is 38.3 Å². The quantitative estimate of drug-likeness (QED) is 0.209. The summed E-state index contributed by atoms with van der Waals surface area (Å²) in [6, 6.07) is 13.9. The molecule has 0 aliphatic heterocycles. The van der Waals surface area contributed by atoms with Crippen LogP contribution in [0.25, 0.3) is 10.9 Å². The minimum atomic E-state index is -1.04. The number of carbonyl (C=O) groups excluding carboxylic acids is 4. The highest BCUT2D eigenvalue weighted by molar-refractivity contribution is 7.98. The van der Waals surface area contributed by atoms with Gasteiger partial charge in [-0.1, -0.05) is 48.5 Å². The predicted molar refractivity (Wildman–Crippen MR) is 161 cm³/mol. The maximum Gasteiger partial charge on any atom is 0.408 e. The maximum absolute atomic E-state index is 13.6. The second kappa shape index (κ2) is 14.6. The summed E-state index contributed by atoms with van der Waals surface area (Å²) < 4.78 is 5.41. The van der Waals surface area contributed by atoms with Crippen LogP contribution in [0, 0.1) is 0 Å². The Morgan fingerprint density at radius 1 is 0.878 bits per heavy atom. The van der Waals surface area contributed by atoms with E-state index in [2.05, 4.69) is 20.9 Å². The largest absolute Gasteiger partial charge is 0.444 e. The third kappa shape index (κ3) is 9.86. The lowest BCUT2D eigenvalue weighted by Gasteiger charge is -2.26. The first-order valence-corrected chi connectivity index (χ1v) is 14.8. The van der Waals surface area contributed by atoms with Gasteiger partial charge in [0.25, 0.3) is 0 Å². The summed E-state index contributed by atoms with van der Waals surface area (Å²) in [5.74, 6) is -1.19. The Bertz CT molecular complexity index is 1340. The molecule has 4 amide bonds. The second-order valence-corrected chi connectivity index (χ2v) is 11.7. The molecule has 220 valence electrons. The van der Waals surface area contributed by atoms with Crippen molar-refractivity contribution >= 4 is 46.5 Å². The van der Waals surface area contributed by atoms with Crippen molar-refractivity contribution in [2.24, 2.45) is 5.73 Å². The molecule has 0 fully saturated rings. The van der Waals surface area contributed by atoms with Crippen LogP contribution in [-0.2, 0) is 32.0 Å². The third-order valence-electron chi connectivity index (χ3n) is 6.29. The summed E-state index contributed by atoms with van der Waals surface area (Å²) in [6.45, 7) is 5.19. The number of rotatable bonds is 13. The Kier molecular flexibility index (Phi) is 11.2. The van der Waals surface area contributed by atoms with Crippen LogP contribution in [0.2, 0.25) is 0 Å². The number of nitrogens with two attached hydrogens (primary N) is 1. The van der Waals surface area contributed by atoms with E-state index >= 15 is 0 Å².